The first kappa shape index (κ1) is 17.0. The van der Waals surface area contributed by atoms with Crippen molar-refractivity contribution in [2.45, 2.75) is 31.7 Å². The summed E-state index contributed by atoms with van der Waals surface area (Å²) in [6.07, 6.45) is 4.80. The number of piperidine rings is 1. The second kappa shape index (κ2) is 7.13. The highest BCUT2D eigenvalue weighted by atomic mass is 32.1. The smallest absolute Gasteiger partial charge is 0.273 e. The first-order valence-electron chi connectivity index (χ1n) is 9.64. The Morgan fingerprint density at radius 3 is 2.81 bits per heavy atom. The van der Waals surface area contributed by atoms with Crippen LogP contribution in [0.3, 0.4) is 0 Å². The van der Waals surface area contributed by atoms with Crippen LogP contribution >= 0.6 is 11.3 Å². The van der Waals surface area contributed by atoms with E-state index in [1.807, 2.05) is 28.5 Å². The number of carbonyl (C=O) groups is 1. The fourth-order valence-corrected chi connectivity index (χ4v) is 4.43. The second-order valence-electron chi connectivity index (χ2n) is 7.52. The van der Waals surface area contributed by atoms with Gasteiger partial charge < -0.3 is 19.7 Å². The van der Waals surface area contributed by atoms with Crippen molar-refractivity contribution in [1.82, 2.24) is 15.2 Å². The van der Waals surface area contributed by atoms with Gasteiger partial charge in [-0.15, -0.1) is 11.3 Å². The van der Waals surface area contributed by atoms with E-state index in [1.165, 1.54) is 24.2 Å². The van der Waals surface area contributed by atoms with Crippen molar-refractivity contribution < 1.29 is 14.3 Å². The Labute approximate surface area is 162 Å². The number of amides is 1. The lowest BCUT2D eigenvalue weighted by atomic mass is 10.0. The molecule has 0 radical (unpaired) electrons. The number of nitrogens with zero attached hydrogens (tertiary/aromatic N) is 2. The summed E-state index contributed by atoms with van der Waals surface area (Å²) in [5.74, 6) is 2.43. The zero-order chi connectivity index (χ0) is 18.2. The zero-order valence-corrected chi connectivity index (χ0v) is 16.0. The van der Waals surface area contributed by atoms with Gasteiger partial charge in [-0.3, -0.25) is 4.79 Å². The number of fused-ring (bicyclic) bond motifs is 1. The van der Waals surface area contributed by atoms with E-state index < -0.39 is 0 Å². The Balaban J connectivity index is 1.21. The molecule has 7 heteroatoms. The Bertz CT molecular complexity index is 841. The number of nitrogens with one attached hydrogen (secondary N) is 1. The third-order valence-corrected chi connectivity index (χ3v) is 6.41. The topological polar surface area (TPSA) is 63.7 Å². The molecule has 1 saturated carbocycles. The summed E-state index contributed by atoms with van der Waals surface area (Å²) in [5.41, 5.74) is 1.49. The summed E-state index contributed by atoms with van der Waals surface area (Å²) in [5, 5.41) is 6.35. The van der Waals surface area contributed by atoms with Crippen LogP contribution in [0.1, 0.15) is 36.2 Å². The SMILES string of the molecule is O=C(c1csc(-c2ccc3c(c2)OCO3)n1)N1CCC(NCC2CC2)CC1. The summed E-state index contributed by atoms with van der Waals surface area (Å²) in [6, 6.07) is 6.32. The van der Waals surface area contributed by atoms with Crippen LogP contribution in [-0.4, -0.2) is 48.3 Å². The van der Waals surface area contributed by atoms with Crippen LogP contribution in [0.15, 0.2) is 23.6 Å². The van der Waals surface area contributed by atoms with Crippen LogP contribution in [0.4, 0.5) is 0 Å². The first-order valence-corrected chi connectivity index (χ1v) is 10.5. The molecule has 0 spiro atoms. The lowest BCUT2D eigenvalue weighted by Gasteiger charge is -2.32. The molecule has 1 N–H and O–H groups in total. The molecule has 0 unspecified atom stereocenters. The summed E-state index contributed by atoms with van der Waals surface area (Å²) < 4.78 is 10.8. The molecule has 0 bridgehead atoms. The van der Waals surface area contributed by atoms with E-state index in [9.17, 15) is 4.79 Å². The molecule has 3 heterocycles. The Kier molecular flexibility index (Phi) is 4.49. The second-order valence-corrected chi connectivity index (χ2v) is 8.38. The van der Waals surface area contributed by atoms with Gasteiger partial charge in [0.05, 0.1) is 0 Å². The maximum atomic E-state index is 12.8. The maximum Gasteiger partial charge on any atom is 0.273 e. The molecule has 1 saturated heterocycles. The minimum absolute atomic E-state index is 0.0406. The van der Waals surface area contributed by atoms with Crippen LogP contribution in [0.25, 0.3) is 10.6 Å². The monoisotopic (exact) mass is 385 g/mol. The van der Waals surface area contributed by atoms with Gasteiger partial charge in [0.2, 0.25) is 6.79 Å². The molecule has 1 aliphatic carbocycles. The molecule has 142 valence electrons. The van der Waals surface area contributed by atoms with Crippen LogP contribution in [0.2, 0.25) is 0 Å². The number of benzene rings is 1. The molecule has 1 aromatic carbocycles. The van der Waals surface area contributed by atoms with E-state index in [-0.39, 0.29) is 12.7 Å². The van der Waals surface area contributed by atoms with E-state index in [4.69, 9.17) is 9.47 Å². The number of ether oxygens (including phenoxy) is 2. The highest BCUT2D eigenvalue weighted by molar-refractivity contribution is 7.13. The predicted molar refractivity (Wildman–Crippen MR) is 103 cm³/mol. The molecular formula is C20H23N3O3S. The first-order chi connectivity index (χ1) is 13.3. The third kappa shape index (κ3) is 3.66. The van der Waals surface area contributed by atoms with Gasteiger partial charge in [-0.25, -0.2) is 4.98 Å². The van der Waals surface area contributed by atoms with E-state index in [1.54, 1.807) is 0 Å². The van der Waals surface area contributed by atoms with E-state index in [2.05, 4.69) is 10.3 Å². The average Bonchev–Trinajstić information content (AvgIpc) is 3.20. The van der Waals surface area contributed by atoms with Crippen molar-refractivity contribution in [3.8, 4) is 22.1 Å². The molecule has 1 amide bonds. The normalized spacial score (nSPS) is 19.5. The molecule has 5 rings (SSSR count). The number of thiazole rings is 1. The molecular weight excluding hydrogens is 362 g/mol. The van der Waals surface area contributed by atoms with E-state index in [0.29, 0.717) is 11.7 Å². The lowest BCUT2D eigenvalue weighted by Crippen LogP contribution is -2.45. The van der Waals surface area contributed by atoms with Crippen LogP contribution in [0.5, 0.6) is 11.5 Å². The average molecular weight is 385 g/mol. The molecule has 2 aromatic rings. The van der Waals surface area contributed by atoms with E-state index in [0.717, 1.165) is 60.5 Å². The lowest BCUT2D eigenvalue weighted by molar-refractivity contribution is 0.0700. The number of aromatic nitrogens is 1. The van der Waals surface area contributed by atoms with Crippen molar-refractivity contribution in [2.24, 2.45) is 5.92 Å². The fraction of sp³-hybridized carbons (Fsp3) is 0.500. The Morgan fingerprint density at radius 2 is 2.00 bits per heavy atom. The van der Waals surface area contributed by atoms with Gasteiger partial charge >= 0.3 is 0 Å². The third-order valence-electron chi connectivity index (χ3n) is 5.52. The van der Waals surface area contributed by atoms with Gasteiger partial charge in [0.25, 0.3) is 5.91 Å². The van der Waals surface area contributed by atoms with Gasteiger partial charge in [0.1, 0.15) is 10.7 Å². The van der Waals surface area contributed by atoms with Crippen molar-refractivity contribution in [2.75, 3.05) is 26.4 Å². The number of likely N-dealkylation sites (tertiary alicyclic amines) is 1. The summed E-state index contributed by atoms with van der Waals surface area (Å²) in [6.45, 7) is 3.01. The Morgan fingerprint density at radius 1 is 1.19 bits per heavy atom. The van der Waals surface area contributed by atoms with Gasteiger partial charge in [0, 0.05) is 30.1 Å². The van der Waals surface area contributed by atoms with Crippen molar-refractivity contribution in [3.63, 3.8) is 0 Å². The molecule has 0 atom stereocenters. The molecule has 3 aliphatic rings. The molecule has 6 nitrogen and oxygen atoms in total. The van der Waals surface area contributed by atoms with Crippen LogP contribution < -0.4 is 14.8 Å². The number of rotatable bonds is 5. The molecule has 2 aliphatic heterocycles. The quantitative estimate of drug-likeness (QED) is 0.857. The van der Waals surface area contributed by atoms with Crippen LogP contribution in [0, 0.1) is 5.92 Å². The predicted octanol–water partition coefficient (Wildman–Crippen LogP) is 3.14. The maximum absolute atomic E-state index is 12.8. The highest BCUT2D eigenvalue weighted by Gasteiger charge is 2.27. The molecule has 27 heavy (non-hydrogen) atoms. The number of hydrogen-bond donors (Lipinski definition) is 1. The van der Waals surface area contributed by atoms with Gasteiger partial charge in [-0.05, 0) is 56.3 Å². The van der Waals surface area contributed by atoms with Gasteiger partial charge in [-0.1, -0.05) is 0 Å². The largest absolute Gasteiger partial charge is 0.454 e. The Hall–Kier alpha value is -2.12. The number of carbonyl (C=O) groups excluding carboxylic acids is 1. The standard InChI is InChI=1S/C20H23N3O3S/c24-20(23-7-5-15(6-8-23)21-10-13-1-2-13)16-11-27-19(22-16)14-3-4-17-18(9-14)26-12-25-17/h3-4,9,11,13,15,21H,1-2,5-8,10,12H2. The fourth-order valence-electron chi connectivity index (χ4n) is 3.64. The minimum atomic E-state index is 0.0406. The summed E-state index contributed by atoms with van der Waals surface area (Å²) >= 11 is 1.49. The zero-order valence-electron chi connectivity index (χ0n) is 15.1. The van der Waals surface area contributed by atoms with E-state index >= 15 is 0 Å². The highest BCUT2D eigenvalue weighted by Crippen LogP contribution is 2.36. The van der Waals surface area contributed by atoms with Gasteiger partial charge in [0.15, 0.2) is 11.5 Å². The summed E-state index contributed by atoms with van der Waals surface area (Å²) in [7, 11) is 0. The van der Waals surface area contributed by atoms with Crippen molar-refractivity contribution in [1.29, 1.82) is 0 Å². The minimum Gasteiger partial charge on any atom is -0.454 e. The van der Waals surface area contributed by atoms with Gasteiger partial charge in [-0.2, -0.15) is 0 Å². The summed E-state index contributed by atoms with van der Waals surface area (Å²) in [4.78, 5) is 19.3. The molecule has 1 aromatic heterocycles. The van der Waals surface area contributed by atoms with Crippen LogP contribution in [-0.2, 0) is 0 Å². The van der Waals surface area contributed by atoms with Crippen molar-refractivity contribution >= 4 is 17.2 Å². The van der Waals surface area contributed by atoms with Crippen molar-refractivity contribution in [3.05, 3.63) is 29.3 Å². The molecule has 2 fully saturated rings. The number of hydrogen-bond acceptors (Lipinski definition) is 6.